The maximum absolute atomic E-state index is 5.70. The first-order chi connectivity index (χ1) is 16.1. The van der Waals surface area contributed by atoms with Crippen LogP contribution in [-0.2, 0) is 6.54 Å². The molecule has 0 radical (unpaired) electrons. The minimum atomic E-state index is 0.209. The van der Waals surface area contributed by atoms with Crippen molar-refractivity contribution in [1.29, 1.82) is 0 Å². The molecule has 1 aliphatic heterocycles. The number of hydrogen-bond donors (Lipinski definition) is 0. The second-order valence-corrected chi connectivity index (χ2v) is 8.50. The van der Waals surface area contributed by atoms with Gasteiger partial charge in [-0.1, -0.05) is 12.5 Å². The van der Waals surface area contributed by atoms with Gasteiger partial charge in [-0.3, -0.25) is 9.88 Å². The molecule has 1 aromatic carbocycles. The van der Waals surface area contributed by atoms with E-state index in [2.05, 4.69) is 27.0 Å². The average molecular weight is 448 g/mol. The van der Waals surface area contributed by atoms with Gasteiger partial charge in [0.15, 0.2) is 11.5 Å². The number of likely N-dealkylation sites (tertiary alicyclic amines) is 1. The van der Waals surface area contributed by atoms with Gasteiger partial charge in [0, 0.05) is 44.8 Å². The first-order valence-electron chi connectivity index (χ1n) is 11.6. The number of ether oxygens (including phenoxy) is 2. The molecule has 174 valence electrons. The van der Waals surface area contributed by atoms with Crippen LogP contribution in [0.25, 0.3) is 11.1 Å². The number of nitrogens with zero attached hydrogens (tertiary/aromatic N) is 5. The van der Waals surface area contributed by atoms with Gasteiger partial charge in [-0.15, -0.1) is 0 Å². The summed E-state index contributed by atoms with van der Waals surface area (Å²) in [6.07, 6.45) is 9.04. The van der Waals surface area contributed by atoms with E-state index < -0.39 is 0 Å². The Labute approximate surface area is 196 Å². The second kappa shape index (κ2) is 10.6. The van der Waals surface area contributed by atoms with Crippen molar-refractivity contribution in [2.75, 3.05) is 39.3 Å². The van der Waals surface area contributed by atoms with E-state index in [1.807, 2.05) is 62.7 Å². The van der Waals surface area contributed by atoms with E-state index in [1.54, 1.807) is 7.11 Å². The summed E-state index contributed by atoms with van der Waals surface area (Å²) in [5.74, 6) is 2.29. The lowest BCUT2D eigenvalue weighted by Crippen LogP contribution is -2.34. The Morgan fingerprint density at radius 1 is 1.09 bits per heavy atom. The summed E-state index contributed by atoms with van der Waals surface area (Å²) in [6, 6.07) is 10.5. The Bertz CT molecular complexity index is 1060. The summed E-state index contributed by atoms with van der Waals surface area (Å²) in [5.41, 5.74) is 4.45. The Morgan fingerprint density at radius 2 is 1.91 bits per heavy atom. The van der Waals surface area contributed by atoms with E-state index in [4.69, 9.17) is 14.5 Å². The molecular formula is C26H33N5O2. The summed E-state index contributed by atoms with van der Waals surface area (Å²) in [6.45, 7) is 4.45. The molecule has 2 aromatic heterocycles. The van der Waals surface area contributed by atoms with Gasteiger partial charge in [-0.2, -0.15) is 0 Å². The fourth-order valence-corrected chi connectivity index (χ4v) is 4.42. The molecule has 33 heavy (non-hydrogen) atoms. The van der Waals surface area contributed by atoms with E-state index in [1.165, 1.54) is 18.4 Å². The smallest absolute Gasteiger partial charge is 0.225 e. The molecule has 0 unspecified atom stereocenters. The van der Waals surface area contributed by atoms with Crippen LogP contribution in [-0.4, -0.2) is 54.2 Å². The Hall–Kier alpha value is -3.19. The molecule has 0 spiro atoms. The number of piperidine rings is 1. The van der Waals surface area contributed by atoms with Crippen LogP contribution in [0.4, 0.5) is 5.95 Å². The van der Waals surface area contributed by atoms with Crippen molar-refractivity contribution >= 4 is 5.95 Å². The summed E-state index contributed by atoms with van der Waals surface area (Å²) in [7, 11) is 5.65. The molecule has 0 N–H and O–H groups in total. The van der Waals surface area contributed by atoms with Crippen LogP contribution in [0.3, 0.4) is 0 Å². The predicted octanol–water partition coefficient (Wildman–Crippen LogP) is 4.74. The van der Waals surface area contributed by atoms with E-state index in [9.17, 15) is 0 Å². The maximum Gasteiger partial charge on any atom is 0.225 e. The highest BCUT2D eigenvalue weighted by Crippen LogP contribution is 2.38. The Kier molecular flexibility index (Phi) is 7.40. The number of methoxy groups -OCH3 is 1. The van der Waals surface area contributed by atoms with E-state index in [-0.39, 0.29) is 6.04 Å². The third-order valence-corrected chi connectivity index (χ3v) is 6.04. The molecule has 1 atom stereocenters. The fraction of sp³-hybridized carbons (Fsp3) is 0.423. The normalized spacial score (nSPS) is 16.4. The van der Waals surface area contributed by atoms with Crippen LogP contribution in [0.2, 0.25) is 0 Å². The third kappa shape index (κ3) is 5.25. The monoisotopic (exact) mass is 447 g/mol. The quantitative estimate of drug-likeness (QED) is 0.494. The van der Waals surface area contributed by atoms with Gasteiger partial charge in [-0.25, -0.2) is 9.97 Å². The molecule has 3 heterocycles. The topological polar surface area (TPSA) is 63.6 Å². The highest BCUT2D eigenvalue weighted by Gasteiger charge is 2.29. The zero-order chi connectivity index (χ0) is 23.2. The predicted molar refractivity (Wildman–Crippen MR) is 131 cm³/mol. The molecule has 4 rings (SSSR count). The highest BCUT2D eigenvalue weighted by atomic mass is 16.5. The van der Waals surface area contributed by atoms with Crippen LogP contribution in [0.15, 0.2) is 48.9 Å². The number of anilines is 1. The zero-order valence-electron chi connectivity index (χ0n) is 20.0. The maximum atomic E-state index is 5.70. The van der Waals surface area contributed by atoms with Crippen molar-refractivity contribution < 1.29 is 9.47 Å². The number of benzene rings is 1. The SMILES string of the molecule is CCOc1ccc(CN2CCCC[C@@H]2c2nc(N(C)C)ncc2-c2ccncc2)cc1OC. The summed E-state index contributed by atoms with van der Waals surface area (Å²) in [4.78, 5) is 18.3. The van der Waals surface area contributed by atoms with E-state index >= 15 is 0 Å². The molecule has 1 saturated heterocycles. The lowest BCUT2D eigenvalue weighted by atomic mass is 9.93. The number of rotatable bonds is 8. The Morgan fingerprint density at radius 3 is 2.64 bits per heavy atom. The van der Waals surface area contributed by atoms with Gasteiger partial charge in [0.1, 0.15) is 0 Å². The molecule has 7 nitrogen and oxygen atoms in total. The zero-order valence-corrected chi connectivity index (χ0v) is 20.0. The molecule has 0 amide bonds. The van der Waals surface area contributed by atoms with Gasteiger partial charge in [0.05, 0.1) is 25.5 Å². The van der Waals surface area contributed by atoms with Crippen molar-refractivity contribution in [3.63, 3.8) is 0 Å². The third-order valence-electron chi connectivity index (χ3n) is 6.04. The summed E-state index contributed by atoms with van der Waals surface area (Å²) < 4.78 is 11.3. The second-order valence-electron chi connectivity index (χ2n) is 8.50. The van der Waals surface area contributed by atoms with Gasteiger partial charge in [-0.05, 0) is 61.7 Å². The van der Waals surface area contributed by atoms with Gasteiger partial charge in [0.25, 0.3) is 0 Å². The van der Waals surface area contributed by atoms with Crippen LogP contribution in [0, 0.1) is 0 Å². The summed E-state index contributed by atoms with van der Waals surface area (Å²) in [5, 5.41) is 0. The number of hydrogen-bond acceptors (Lipinski definition) is 7. The number of aromatic nitrogens is 3. The standard InChI is InChI=1S/C26H33N5O2/c1-5-33-23-10-9-19(16-24(23)32-4)18-31-15-7-6-8-22(31)25-21(20-11-13-27-14-12-20)17-28-26(29-25)30(2)3/h9-14,16-17,22H,5-8,15,18H2,1-4H3/t22-/m1/s1. The largest absolute Gasteiger partial charge is 0.493 e. The molecule has 0 aliphatic carbocycles. The first kappa shape index (κ1) is 23.0. The lowest BCUT2D eigenvalue weighted by molar-refractivity contribution is 0.137. The summed E-state index contributed by atoms with van der Waals surface area (Å²) >= 11 is 0. The molecule has 3 aromatic rings. The van der Waals surface area contributed by atoms with Crippen LogP contribution >= 0.6 is 0 Å². The highest BCUT2D eigenvalue weighted by molar-refractivity contribution is 5.66. The Balaban J connectivity index is 1.69. The number of pyridine rings is 1. The van der Waals surface area contributed by atoms with Crippen molar-refractivity contribution in [1.82, 2.24) is 19.9 Å². The van der Waals surface area contributed by atoms with Crippen molar-refractivity contribution in [3.05, 3.63) is 60.2 Å². The van der Waals surface area contributed by atoms with E-state index in [0.717, 1.165) is 53.8 Å². The van der Waals surface area contributed by atoms with Crippen molar-refractivity contribution in [2.45, 2.75) is 38.8 Å². The van der Waals surface area contributed by atoms with E-state index in [0.29, 0.717) is 6.61 Å². The molecular weight excluding hydrogens is 414 g/mol. The van der Waals surface area contributed by atoms with Gasteiger partial charge < -0.3 is 14.4 Å². The molecule has 0 saturated carbocycles. The lowest BCUT2D eigenvalue weighted by Gasteiger charge is -2.36. The van der Waals surface area contributed by atoms with Crippen molar-refractivity contribution in [3.8, 4) is 22.6 Å². The molecule has 0 bridgehead atoms. The molecule has 1 fully saturated rings. The minimum Gasteiger partial charge on any atom is -0.493 e. The first-order valence-corrected chi connectivity index (χ1v) is 11.6. The van der Waals surface area contributed by atoms with Crippen LogP contribution in [0.1, 0.15) is 43.5 Å². The fourth-order valence-electron chi connectivity index (χ4n) is 4.42. The average Bonchev–Trinajstić information content (AvgIpc) is 2.85. The van der Waals surface area contributed by atoms with Crippen LogP contribution < -0.4 is 14.4 Å². The minimum absolute atomic E-state index is 0.209. The van der Waals surface area contributed by atoms with Gasteiger partial charge >= 0.3 is 0 Å². The van der Waals surface area contributed by atoms with Crippen LogP contribution in [0.5, 0.6) is 11.5 Å². The van der Waals surface area contributed by atoms with Crippen molar-refractivity contribution in [2.24, 2.45) is 0 Å². The van der Waals surface area contributed by atoms with Gasteiger partial charge in [0.2, 0.25) is 5.95 Å². The molecule has 7 heteroatoms. The molecule has 1 aliphatic rings.